The number of aryl methyl sites for hydroxylation is 1. The van der Waals surface area contributed by atoms with Gasteiger partial charge in [0.25, 0.3) is 0 Å². The molecule has 0 aliphatic heterocycles. The molecule has 2 aromatic rings. The van der Waals surface area contributed by atoms with Crippen LogP contribution in [-0.4, -0.2) is 9.97 Å². The number of nitrogens with zero attached hydrogens (tertiary/aromatic N) is 2. The second-order valence-electron chi connectivity index (χ2n) is 3.55. The average molecular weight is 233 g/mol. The molecule has 0 saturated carbocycles. The summed E-state index contributed by atoms with van der Waals surface area (Å²) in [6.07, 6.45) is 2.99. The monoisotopic (exact) mass is 233 g/mol. The van der Waals surface area contributed by atoms with Gasteiger partial charge < -0.3 is 10.5 Å². The Hall–Kier alpha value is -2.01. The molecule has 0 fully saturated rings. The first-order valence-electron chi connectivity index (χ1n) is 5.14. The molecule has 0 amide bonds. The van der Waals surface area contributed by atoms with Gasteiger partial charge in [0.15, 0.2) is 11.6 Å². The molecule has 0 atom stereocenters. The molecule has 0 unspecified atom stereocenters. The van der Waals surface area contributed by atoms with Gasteiger partial charge in [-0.2, -0.15) is 0 Å². The van der Waals surface area contributed by atoms with E-state index in [1.165, 1.54) is 18.5 Å². The van der Waals surface area contributed by atoms with Gasteiger partial charge in [0.1, 0.15) is 5.69 Å². The number of aromatic nitrogens is 2. The van der Waals surface area contributed by atoms with Gasteiger partial charge in [-0.05, 0) is 24.6 Å². The maximum Gasteiger partial charge on any atom is 0.242 e. The molecule has 2 rings (SSSR count). The van der Waals surface area contributed by atoms with E-state index in [4.69, 9.17) is 10.5 Å². The van der Waals surface area contributed by atoms with Crippen molar-refractivity contribution in [3.8, 4) is 11.6 Å². The second kappa shape index (κ2) is 4.88. The van der Waals surface area contributed by atoms with E-state index in [0.717, 1.165) is 5.56 Å². The van der Waals surface area contributed by atoms with Gasteiger partial charge in [-0.3, -0.25) is 4.98 Å². The predicted molar refractivity (Wildman–Crippen MR) is 61.1 cm³/mol. The van der Waals surface area contributed by atoms with Crippen LogP contribution >= 0.6 is 0 Å². The van der Waals surface area contributed by atoms with Crippen LogP contribution in [0.3, 0.4) is 0 Å². The average Bonchev–Trinajstić information content (AvgIpc) is 2.34. The summed E-state index contributed by atoms with van der Waals surface area (Å²) in [6.45, 7) is 2.05. The summed E-state index contributed by atoms with van der Waals surface area (Å²) in [4.78, 5) is 7.99. The topological polar surface area (TPSA) is 61.0 Å². The third kappa shape index (κ3) is 2.57. The summed E-state index contributed by atoms with van der Waals surface area (Å²) in [5.74, 6) is -0.0797. The first-order valence-corrected chi connectivity index (χ1v) is 5.14. The molecule has 0 saturated heterocycles. The SMILES string of the molecule is Cc1ccc(F)c(Oc2nccnc2CN)c1. The van der Waals surface area contributed by atoms with E-state index in [-0.39, 0.29) is 18.2 Å². The van der Waals surface area contributed by atoms with Crippen LogP contribution in [0.5, 0.6) is 11.6 Å². The van der Waals surface area contributed by atoms with Crippen LogP contribution in [0.15, 0.2) is 30.6 Å². The number of ether oxygens (including phenoxy) is 1. The van der Waals surface area contributed by atoms with Crippen molar-refractivity contribution in [1.29, 1.82) is 0 Å². The summed E-state index contributed by atoms with van der Waals surface area (Å²) < 4.78 is 18.9. The van der Waals surface area contributed by atoms with E-state index in [0.29, 0.717) is 5.69 Å². The van der Waals surface area contributed by atoms with Gasteiger partial charge >= 0.3 is 0 Å². The fourth-order valence-corrected chi connectivity index (χ4v) is 1.37. The molecule has 0 aliphatic carbocycles. The lowest BCUT2D eigenvalue weighted by molar-refractivity contribution is 0.419. The Morgan fingerprint density at radius 3 is 2.82 bits per heavy atom. The smallest absolute Gasteiger partial charge is 0.242 e. The van der Waals surface area contributed by atoms with E-state index in [9.17, 15) is 4.39 Å². The van der Waals surface area contributed by atoms with Crippen LogP contribution < -0.4 is 10.5 Å². The molecule has 0 bridgehead atoms. The van der Waals surface area contributed by atoms with Crippen LogP contribution in [0.25, 0.3) is 0 Å². The quantitative estimate of drug-likeness (QED) is 0.882. The Labute approximate surface area is 98.3 Å². The molecular weight excluding hydrogens is 221 g/mol. The minimum absolute atomic E-state index is 0.125. The number of benzene rings is 1. The molecule has 0 radical (unpaired) electrons. The van der Waals surface area contributed by atoms with Crippen LogP contribution in [-0.2, 0) is 6.54 Å². The molecule has 2 N–H and O–H groups in total. The molecule has 0 spiro atoms. The molecule has 1 aromatic carbocycles. The number of hydrogen-bond donors (Lipinski definition) is 1. The van der Waals surface area contributed by atoms with Crippen molar-refractivity contribution in [3.63, 3.8) is 0 Å². The Balaban J connectivity index is 2.34. The fourth-order valence-electron chi connectivity index (χ4n) is 1.37. The third-order valence-electron chi connectivity index (χ3n) is 2.22. The van der Waals surface area contributed by atoms with Crippen molar-refractivity contribution >= 4 is 0 Å². The van der Waals surface area contributed by atoms with Crippen molar-refractivity contribution in [3.05, 3.63) is 47.7 Å². The summed E-state index contributed by atoms with van der Waals surface area (Å²) >= 11 is 0. The van der Waals surface area contributed by atoms with Crippen LogP contribution in [0.2, 0.25) is 0 Å². The number of halogens is 1. The lowest BCUT2D eigenvalue weighted by atomic mass is 10.2. The van der Waals surface area contributed by atoms with Crippen LogP contribution in [0.4, 0.5) is 4.39 Å². The summed E-state index contributed by atoms with van der Waals surface area (Å²) in [7, 11) is 0. The van der Waals surface area contributed by atoms with E-state index in [1.54, 1.807) is 12.1 Å². The number of nitrogens with two attached hydrogens (primary N) is 1. The van der Waals surface area contributed by atoms with E-state index in [1.807, 2.05) is 6.92 Å². The normalized spacial score (nSPS) is 10.3. The fraction of sp³-hybridized carbons (Fsp3) is 0.167. The van der Waals surface area contributed by atoms with Gasteiger partial charge in [0, 0.05) is 18.9 Å². The molecular formula is C12H12FN3O. The lowest BCUT2D eigenvalue weighted by Crippen LogP contribution is -2.04. The highest BCUT2D eigenvalue weighted by Crippen LogP contribution is 2.25. The van der Waals surface area contributed by atoms with E-state index < -0.39 is 5.82 Å². The third-order valence-corrected chi connectivity index (χ3v) is 2.22. The molecule has 4 nitrogen and oxygen atoms in total. The molecule has 5 heteroatoms. The minimum atomic E-state index is -0.441. The zero-order chi connectivity index (χ0) is 12.3. The number of rotatable bonds is 3. The van der Waals surface area contributed by atoms with Gasteiger partial charge in [0.05, 0.1) is 0 Å². The van der Waals surface area contributed by atoms with Crippen molar-refractivity contribution in [2.24, 2.45) is 5.73 Å². The van der Waals surface area contributed by atoms with Gasteiger partial charge in [-0.1, -0.05) is 6.07 Å². The lowest BCUT2D eigenvalue weighted by Gasteiger charge is -2.08. The molecule has 1 heterocycles. The van der Waals surface area contributed by atoms with Crippen LogP contribution in [0, 0.1) is 12.7 Å². The highest BCUT2D eigenvalue weighted by molar-refractivity contribution is 5.33. The molecule has 88 valence electrons. The van der Waals surface area contributed by atoms with Gasteiger partial charge in [0.2, 0.25) is 5.88 Å². The van der Waals surface area contributed by atoms with E-state index >= 15 is 0 Å². The molecule has 1 aromatic heterocycles. The molecule has 17 heavy (non-hydrogen) atoms. The van der Waals surface area contributed by atoms with Crippen molar-refractivity contribution < 1.29 is 9.13 Å². The van der Waals surface area contributed by atoms with Crippen molar-refractivity contribution in [1.82, 2.24) is 9.97 Å². The van der Waals surface area contributed by atoms with Crippen molar-refractivity contribution in [2.75, 3.05) is 0 Å². The first-order chi connectivity index (χ1) is 8.20. The highest BCUT2D eigenvalue weighted by Gasteiger charge is 2.09. The second-order valence-corrected chi connectivity index (χ2v) is 3.55. The maximum atomic E-state index is 13.5. The molecule has 0 aliphatic rings. The predicted octanol–water partition coefficient (Wildman–Crippen LogP) is 2.18. The largest absolute Gasteiger partial charge is 0.434 e. The zero-order valence-corrected chi connectivity index (χ0v) is 9.35. The zero-order valence-electron chi connectivity index (χ0n) is 9.35. The Morgan fingerprint density at radius 1 is 1.29 bits per heavy atom. The summed E-state index contributed by atoms with van der Waals surface area (Å²) in [5.41, 5.74) is 6.89. The minimum Gasteiger partial charge on any atom is -0.434 e. The Kier molecular flexibility index (Phi) is 3.30. The first kappa shape index (κ1) is 11.5. The summed E-state index contributed by atoms with van der Waals surface area (Å²) in [6, 6.07) is 4.62. The summed E-state index contributed by atoms with van der Waals surface area (Å²) in [5, 5.41) is 0. The highest BCUT2D eigenvalue weighted by atomic mass is 19.1. The van der Waals surface area contributed by atoms with Crippen molar-refractivity contribution in [2.45, 2.75) is 13.5 Å². The van der Waals surface area contributed by atoms with Gasteiger partial charge in [-0.15, -0.1) is 0 Å². The van der Waals surface area contributed by atoms with Crippen LogP contribution in [0.1, 0.15) is 11.3 Å². The maximum absolute atomic E-state index is 13.5. The Morgan fingerprint density at radius 2 is 2.06 bits per heavy atom. The number of hydrogen-bond acceptors (Lipinski definition) is 4. The van der Waals surface area contributed by atoms with E-state index in [2.05, 4.69) is 9.97 Å². The standard InChI is InChI=1S/C12H12FN3O/c1-8-2-3-9(13)11(6-8)17-12-10(7-14)15-4-5-16-12/h2-6H,7,14H2,1H3. The Bertz CT molecular complexity index is 531. The van der Waals surface area contributed by atoms with Gasteiger partial charge in [-0.25, -0.2) is 9.37 Å².